The molecule has 0 aliphatic heterocycles. The molecule has 22 heavy (non-hydrogen) atoms. The molecule has 0 saturated heterocycles. The summed E-state index contributed by atoms with van der Waals surface area (Å²) in [6.07, 6.45) is 5.29. The Balaban J connectivity index is 1.77. The molecule has 0 aromatic carbocycles. The zero-order chi connectivity index (χ0) is 15.7. The van der Waals surface area contributed by atoms with E-state index in [9.17, 15) is 13.2 Å². The highest BCUT2D eigenvalue weighted by atomic mass is 32.2. The smallest absolute Gasteiger partial charge is 0.250 e. The van der Waals surface area contributed by atoms with Crippen LogP contribution >= 0.6 is 0 Å². The molecule has 1 fully saturated rings. The van der Waals surface area contributed by atoms with Gasteiger partial charge in [-0.2, -0.15) is 0 Å². The van der Waals surface area contributed by atoms with Crippen molar-refractivity contribution in [1.82, 2.24) is 9.29 Å². The fourth-order valence-corrected chi connectivity index (χ4v) is 4.63. The van der Waals surface area contributed by atoms with E-state index in [0.717, 1.165) is 30.6 Å². The zero-order valence-corrected chi connectivity index (χ0v) is 13.9. The number of pyridine rings is 1. The van der Waals surface area contributed by atoms with E-state index >= 15 is 0 Å². The number of rotatable bonds is 6. The van der Waals surface area contributed by atoms with Crippen LogP contribution in [0.4, 0.5) is 0 Å². The lowest BCUT2D eigenvalue weighted by molar-refractivity contribution is 0.477. The van der Waals surface area contributed by atoms with Gasteiger partial charge in [0.1, 0.15) is 0 Å². The van der Waals surface area contributed by atoms with Gasteiger partial charge in [-0.25, -0.2) is 13.1 Å². The maximum atomic E-state index is 12.1. The Morgan fingerprint density at radius 1 is 1.27 bits per heavy atom. The van der Waals surface area contributed by atoms with Crippen molar-refractivity contribution in [1.29, 1.82) is 0 Å². The van der Waals surface area contributed by atoms with E-state index in [1.54, 1.807) is 6.07 Å². The number of sulfonamides is 1. The van der Waals surface area contributed by atoms with Gasteiger partial charge >= 0.3 is 0 Å². The van der Waals surface area contributed by atoms with Crippen LogP contribution in [0.25, 0.3) is 0 Å². The average molecular weight is 324 g/mol. The van der Waals surface area contributed by atoms with Crippen molar-refractivity contribution in [3.05, 3.63) is 33.7 Å². The lowest BCUT2D eigenvalue weighted by atomic mass is 9.92. The number of hydrogen-bond acceptors (Lipinski definition) is 3. The van der Waals surface area contributed by atoms with Gasteiger partial charge in [0.05, 0.1) is 5.75 Å². The molecule has 1 aromatic rings. The Kier molecular flexibility index (Phi) is 4.41. The molecule has 3 rings (SSSR count). The first-order valence-electron chi connectivity index (χ1n) is 8.20. The molecule has 0 amide bonds. The summed E-state index contributed by atoms with van der Waals surface area (Å²) in [6, 6.07) is 3.46. The number of hydrogen-bond donors (Lipinski definition) is 1. The second-order valence-corrected chi connectivity index (χ2v) is 8.45. The standard InChI is InChI=1S/C16H24N2O3S/c1-2-9-22(20,21)17-14-6-7-15-13(10-14)5-8-16(19)18(15)11-12-3-4-12/h5,8,12,14,17H,2-4,6-7,9-11H2,1H3/t14-/m0/s1. The van der Waals surface area contributed by atoms with Crippen LogP contribution < -0.4 is 10.3 Å². The van der Waals surface area contributed by atoms with E-state index in [1.165, 1.54) is 12.8 Å². The number of nitrogens with zero attached hydrogens (tertiary/aromatic N) is 1. The van der Waals surface area contributed by atoms with Crippen molar-refractivity contribution in [2.75, 3.05) is 5.75 Å². The van der Waals surface area contributed by atoms with Crippen molar-refractivity contribution in [2.24, 2.45) is 5.92 Å². The van der Waals surface area contributed by atoms with Crippen molar-refractivity contribution in [3.63, 3.8) is 0 Å². The summed E-state index contributed by atoms with van der Waals surface area (Å²) in [4.78, 5) is 12.1. The van der Waals surface area contributed by atoms with E-state index < -0.39 is 10.0 Å². The quantitative estimate of drug-likeness (QED) is 0.861. The van der Waals surface area contributed by atoms with Crippen LogP contribution in [0.3, 0.4) is 0 Å². The van der Waals surface area contributed by atoms with Gasteiger partial charge in [0, 0.05) is 24.3 Å². The number of fused-ring (bicyclic) bond motifs is 1. The van der Waals surface area contributed by atoms with Gasteiger partial charge < -0.3 is 4.57 Å². The van der Waals surface area contributed by atoms with E-state index in [0.29, 0.717) is 18.8 Å². The van der Waals surface area contributed by atoms with Crippen molar-refractivity contribution >= 4 is 10.0 Å². The van der Waals surface area contributed by atoms with Crippen LogP contribution in [0.5, 0.6) is 0 Å². The molecule has 2 aliphatic carbocycles. The Morgan fingerprint density at radius 3 is 2.73 bits per heavy atom. The molecular formula is C16H24N2O3S. The molecule has 5 nitrogen and oxygen atoms in total. The van der Waals surface area contributed by atoms with Crippen molar-refractivity contribution in [2.45, 2.75) is 58.0 Å². The molecule has 0 radical (unpaired) electrons. The van der Waals surface area contributed by atoms with Crippen LogP contribution in [0.15, 0.2) is 16.9 Å². The normalized spacial score (nSPS) is 21.6. The summed E-state index contributed by atoms with van der Waals surface area (Å²) in [7, 11) is -3.18. The average Bonchev–Trinajstić information content (AvgIpc) is 3.25. The van der Waals surface area contributed by atoms with Gasteiger partial charge in [-0.05, 0) is 50.0 Å². The maximum Gasteiger partial charge on any atom is 0.250 e. The molecule has 6 heteroatoms. The summed E-state index contributed by atoms with van der Waals surface area (Å²) in [5, 5.41) is 0. The third-order valence-corrected chi connectivity index (χ3v) is 6.18. The molecule has 1 atom stereocenters. The van der Waals surface area contributed by atoms with Gasteiger partial charge in [0.15, 0.2) is 0 Å². The van der Waals surface area contributed by atoms with E-state index in [2.05, 4.69) is 4.72 Å². The second-order valence-electron chi connectivity index (χ2n) is 6.57. The second kappa shape index (κ2) is 6.16. The first kappa shape index (κ1) is 15.7. The highest BCUT2D eigenvalue weighted by Gasteiger charge is 2.27. The topological polar surface area (TPSA) is 68.2 Å². The number of aromatic nitrogens is 1. The van der Waals surface area contributed by atoms with Crippen LogP contribution in [0, 0.1) is 5.92 Å². The minimum Gasteiger partial charge on any atom is -0.312 e. The lowest BCUT2D eigenvalue weighted by Crippen LogP contribution is -2.41. The molecule has 0 unspecified atom stereocenters. The predicted molar refractivity (Wildman–Crippen MR) is 86.5 cm³/mol. The Labute approximate surface area is 131 Å². The monoisotopic (exact) mass is 324 g/mol. The summed E-state index contributed by atoms with van der Waals surface area (Å²) >= 11 is 0. The van der Waals surface area contributed by atoms with Crippen LogP contribution in [0.2, 0.25) is 0 Å². The highest BCUT2D eigenvalue weighted by Crippen LogP contribution is 2.31. The molecule has 1 N–H and O–H groups in total. The first-order chi connectivity index (χ1) is 10.5. The Morgan fingerprint density at radius 2 is 2.05 bits per heavy atom. The Bertz CT molecular complexity index is 705. The molecular weight excluding hydrogens is 300 g/mol. The van der Waals surface area contributed by atoms with Gasteiger partial charge in [0.25, 0.3) is 5.56 Å². The highest BCUT2D eigenvalue weighted by molar-refractivity contribution is 7.89. The predicted octanol–water partition coefficient (Wildman–Crippen LogP) is 1.44. The molecule has 0 spiro atoms. The zero-order valence-electron chi connectivity index (χ0n) is 13.0. The Hall–Kier alpha value is -1.14. The maximum absolute atomic E-state index is 12.1. The van der Waals surface area contributed by atoms with E-state index in [4.69, 9.17) is 0 Å². The molecule has 122 valence electrons. The van der Waals surface area contributed by atoms with Gasteiger partial charge in [-0.3, -0.25) is 4.79 Å². The van der Waals surface area contributed by atoms with Crippen LogP contribution in [-0.2, 0) is 29.4 Å². The summed E-state index contributed by atoms with van der Waals surface area (Å²) in [6.45, 7) is 2.69. The third kappa shape index (κ3) is 3.60. The van der Waals surface area contributed by atoms with Gasteiger partial charge in [-0.1, -0.05) is 13.0 Å². The van der Waals surface area contributed by atoms with Crippen molar-refractivity contribution in [3.8, 4) is 0 Å². The minimum absolute atomic E-state index is 0.0454. The van der Waals surface area contributed by atoms with Crippen molar-refractivity contribution < 1.29 is 8.42 Å². The summed E-state index contributed by atoms with van der Waals surface area (Å²) in [5.74, 6) is 0.835. The van der Waals surface area contributed by atoms with Gasteiger partial charge in [-0.15, -0.1) is 0 Å². The fourth-order valence-electron chi connectivity index (χ4n) is 3.27. The lowest BCUT2D eigenvalue weighted by Gasteiger charge is -2.27. The van der Waals surface area contributed by atoms with Gasteiger partial charge in [0.2, 0.25) is 10.0 Å². The van der Waals surface area contributed by atoms with E-state index in [-0.39, 0.29) is 17.4 Å². The van der Waals surface area contributed by atoms with Crippen LogP contribution in [-0.4, -0.2) is 24.8 Å². The molecule has 1 aromatic heterocycles. The van der Waals surface area contributed by atoms with Crippen LogP contribution in [0.1, 0.15) is 43.9 Å². The SMILES string of the molecule is CCCS(=O)(=O)N[C@H]1CCc2c(ccc(=O)n2CC2CC2)C1. The molecule has 1 saturated carbocycles. The van der Waals surface area contributed by atoms with E-state index in [1.807, 2.05) is 17.6 Å². The molecule has 1 heterocycles. The first-order valence-corrected chi connectivity index (χ1v) is 9.85. The third-order valence-electron chi connectivity index (χ3n) is 4.54. The fraction of sp³-hybridized carbons (Fsp3) is 0.688. The largest absolute Gasteiger partial charge is 0.312 e. The summed E-state index contributed by atoms with van der Waals surface area (Å²) in [5.41, 5.74) is 2.32. The number of nitrogens with one attached hydrogen (secondary N) is 1. The minimum atomic E-state index is -3.18. The molecule has 2 aliphatic rings. The summed E-state index contributed by atoms with van der Waals surface area (Å²) < 4.78 is 28.6. The molecule has 0 bridgehead atoms.